The molecule has 0 amide bonds. The Morgan fingerprint density at radius 1 is 1.13 bits per heavy atom. The zero-order chi connectivity index (χ0) is 11.1. The van der Waals surface area contributed by atoms with Crippen LogP contribution in [-0.2, 0) is 9.84 Å². The summed E-state index contributed by atoms with van der Waals surface area (Å²) in [6, 6.07) is 6.51. The molecule has 0 radical (unpaired) electrons. The number of sulfone groups is 1. The van der Waals surface area contributed by atoms with Crippen molar-refractivity contribution in [3.05, 3.63) is 30.2 Å². The molecule has 0 saturated carbocycles. The average Bonchev–Trinajstić information content (AvgIpc) is 2.15. The third-order valence-corrected chi connectivity index (χ3v) is 2.81. The Kier molecular flexibility index (Phi) is 2.15. The van der Waals surface area contributed by atoms with Crippen LogP contribution in [0.1, 0.15) is 0 Å². The van der Waals surface area contributed by atoms with Crippen molar-refractivity contribution in [1.82, 2.24) is 9.97 Å². The van der Waals surface area contributed by atoms with Gasteiger partial charge in [-0.25, -0.2) is 18.4 Å². The molecule has 15 heavy (non-hydrogen) atoms. The van der Waals surface area contributed by atoms with Gasteiger partial charge < -0.3 is 0 Å². The monoisotopic (exact) mass is 226 g/mol. The Hall–Kier alpha value is -1.56. The first-order valence-electron chi connectivity index (χ1n) is 4.11. The topological polar surface area (TPSA) is 59.9 Å². The first-order valence-corrected chi connectivity index (χ1v) is 6.00. The summed E-state index contributed by atoms with van der Waals surface area (Å²) in [5.74, 6) is -1.06. The van der Waals surface area contributed by atoms with Crippen LogP contribution >= 0.6 is 0 Å². The maximum atomic E-state index is 13.3. The molecular formula is C9H7FN2O2S. The number of fused-ring (bicyclic) bond motifs is 1. The summed E-state index contributed by atoms with van der Waals surface area (Å²) in [7, 11) is -3.67. The van der Waals surface area contributed by atoms with Gasteiger partial charge in [-0.2, -0.15) is 4.39 Å². The van der Waals surface area contributed by atoms with Gasteiger partial charge in [-0.15, -0.1) is 0 Å². The lowest BCUT2D eigenvalue weighted by atomic mass is 10.3. The molecule has 0 spiro atoms. The number of rotatable bonds is 1. The highest BCUT2D eigenvalue weighted by atomic mass is 32.2. The Bertz CT molecular complexity index is 625. The Balaban J connectivity index is 2.84. The molecule has 1 aromatic carbocycles. The molecule has 6 heteroatoms. The zero-order valence-corrected chi connectivity index (χ0v) is 8.62. The van der Waals surface area contributed by atoms with Crippen LogP contribution in [0.4, 0.5) is 4.39 Å². The third kappa shape index (κ3) is 1.80. The van der Waals surface area contributed by atoms with E-state index in [1.54, 1.807) is 24.3 Å². The predicted octanol–water partition coefficient (Wildman–Crippen LogP) is 1.17. The highest BCUT2D eigenvalue weighted by Gasteiger charge is 2.17. The molecule has 0 atom stereocenters. The molecular weight excluding hydrogens is 219 g/mol. The van der Waals surface area contributed by atoms with Gasteiger partial charge in [0.1, 0.15) is 0 Å². The lowest BCUT2D eigenvalue weighted by molar-refractivity contribution is 0.531. The minimum atomic E-state index is -3.67. The van der Waals surface area contributed by atoms with Gasteiger partial charge in [-0.3, -0.25) is 0 Å². The number of nitrogens with zero attached hydrogens (tertiary/aromatic N) is 2. The molecule has 0 aliphatic heterocycles. The van der Waals surface area contributed by atoms with Crippen molar-refractivity contribution >= 4 is 20.9 Å². The first-order chi connectivity index (χ1) is 6.98. The van der Waals surface area contributed by atoms with Crippen molar-refractivity contribution < 1.29 is 12.8 Å². The Morgan fingerprint density at radius 2 is 1.67 bits per heavy atom. The largest absolute Gasteiger partial charge is 0.251 e. The highest BCUT2D eigenvalue weighted by molar-refractivity contribution is 7.90. The number of hydrogen-bond acceptors (Lipinski definition) is 4. The lowest BCUT2D eigenvalue weighted by Gasteiger charge is -2.01. The van der Waals surface area contributed by atoms with E-state index in [0.717, 1.165) is 6.26 Å². The summed E-state index contributed by atoms with van der Waals surface area (Å²) in [4.78, 5) is 7.25. The molecule has 78 valence electrons. The molecule has 0 aliphatic rings. The van der Waals surface area contributed by atoms with E-state index in [1.807, 2.05) is 0 Å². The van der Waals surface area contributed by atoms with Crippen molar-refractivity contribution in [2.45, 2.75) is 5.03 Å². The van der Waals surface area contributed by atoms with Gasteiger partial charge in [0.05, 0.1) is 11.0 Å². The van der Waals surface area contributed by atoms with Gasteiger partial charge >= 0.3 is 0 Å². The fraction of sp³-hybridized carbons (Fsp3) is 0.111. The summed E-state index contributed by atoms with van der Waals surface area (Å²) in [5, 5.41) is -0.610. The lowest BCUT2D eigenvalue weighted by Crippen LogP contribution is -2.06. The van der Waals surface area contributed by atoms with Crippen LogP contribution in [0.25, 0.3) is 11.0 Å². The molecule has 0 fully saturated rings. The summed E-state index contributed by atoms with van der Waals surface area (Å²) in [6.45, 7) is 0. The number of aromatic nitrogens is 2. The molecule has 2 rings (SSSR count). The molecule has 0 aliphatic carbocycles. The highest BCUT2D eigenvalue weighted by Crippen LogP contribution is 2.15. The molecule has 0 unspecified atom stereocenters. The van der Waals surface area contributed by atoms with Crippen LogP contribution in [0.5, 0.6) is 0 Å². The van der Waals surface area contributed by atoms with E-state index in [0.29, 0.717) is 11.0 Å². The van der Waals surface area contributed by atoms with Crippen molar-refractivity contribution in [3.8, 4) is 0 Å². The minimum absolute atomic E-state index is 0.336. The fourth-order valence-electron chi connectivity index (χ4n) is 1.20. The SMILES string of the molecule is CS(=O)(=O)c1nc2ccccc2nc1F. The second-order valence-electron chi connectivity index (χ2n) is 3.08. The summed E-state index contributed by atoms with van der Waals surface area (Å²) in [6.07, 6.45) is 0.898. The van der Waals surface area contributed by atoms with Gasteiger partial charge in [0.15, 0.2) is 9.84 Å². The van der Waals surface area contributed by atoms with Crippen LogP contribution in [0.15, 0.2) is 29.3 Å². The van der Waals surface area contributed by atoms with Gasteiger partial charge in [0.25, 0.3) is 5.95 Å². The molecule has 0 bridgehead atoms. The fourth-order valence-corrected chi connectivity index (χ4v) is 1.81. The second-order valence-corrected chi connectivity index (χ2v) is 5.01. The molecule has 1 heterocycles. The maximum absolute atomic E-state index is 13.3. The van der Waals surface area contributed by atoms with E-state index in [9.17, 15) is 12.8 Å². The Morgan fingerprint density at radius 3 is 2.20 bits per heavy atom. The molecule has 2 aromatic rings. The van der Waals surface area contributed by atoms with Gasteiger partial charge in [0, 0.05) is 6.26 Å². The van der Waals surface area contributed by atoms with Crippen LogP contribution in [0.3, 0.4) is 0 Å². The average molecular weight is 226 g/mol. The van der Waals surface area contributed by atoms with E-state index in [-0.39, 0.29) is 0 Å². The van der Waals surface area contributed by atoms with Crippen LogP contribution in [0, 0.1) is 5.95 Å². The quantitative estimate of drug-likeness (QED) is 0.732. The Labute approximate surface area is 85.7 Å². The number of benzene rings is 1. The molecule has 0 N–H and O–H groups in total. The minimum Gasteiger partial charge on any atom is -0.230 e. The maximum Gasteiger partial charge on any atom is 0.251 e. The summed E-state index contributed by atoms with van der Waals surface area (Å²) in [5.41, 5.74) is 0.696. The zero-order valence-electron chi connectivity index (χ0n) is 7.81. The molecule has 0 saturated heterocycles. The van der Waals surface area contributed by atoms with E-state index < -0.39 is 20.8 Å². The molecule has 4 nitrogen and oxygen atoms in total. The van der Waals surface area contributed by atoms with Crippen LogP contribution in [-0.4, -0.2) is 24.6 Å². The van der Waals surface area contributed by atoms with Crippen LogP contribution < -0.4 is 0 Å². The first kappa shape index (κ1) is 9.97. The summed E-state index contributed by atoms with van der Waals surface area (Å²) < 4.78 is 35.6. The van der Waals surface area contributed by atoms with Crippen molar-refractivity contribution in [3.63, 3.8) is 0 Å². The predicted molar refractivity (Wildman–Crippen MR) is 52.6 cm³/mol. The third-order valence-electron chi connectivity index (χ3n) is 1.85. The van der Waals surface area contributed by atoms with E-state index in [4.69, 9.17) is 0 Å². The van der Waals surface area contributed by atoms with E-state index in [1.165, 1.54) is 0 Å². The number of hydrogen-bond donors (Lipinski definition) is 0. The van der Waals surface area contributed by atoms with Crippen LogP contribution in [0.2, 0.25) is 0 Å². The summed E-state index contributed by atoms with van der Waals surface area (Å²) >= 11 is 0. The smallest absolute Gasteiger partial charge is 0.230 e. The standard InChI is InChI=1S/C9H7FN2O2S/c1-15(13,14)9-8(10)11-6-4-2-3-5-7(6)12-9/h2-5H,1H3. The second kappa shape index (κ2) is 3.23. The van der Waals surface area contributed by atoms with E-state index >= 15 is 0 Å². The van der Waals surface area contributed by atoms with Crippen molar-refractivity contribution in [2.75, 3.05) is 6.26 Å². The van der Waals surface area contributed by atoms with Crippen molar-refractivity contribution in [2.24, 2.45) is 0 Å². The normalized spacial score (nSPS) is 11.9. The van der Waals surface area contributed by atoms with Gasteiger partial charge in [-0.1, -0.05) is 12.1 Å². The van der Waals surface area contributed by atoms with Gasteiger partial charge in [0.2, 0.25) is 5.03 Å². The number of halogens is 1. The molecule has 1 aromatic heterocycles. The van der Waals surface area contributed by atoms with Crippen molar-refractivity contribution in [1.29, 1.82) is 0 Å². The number of para-hydroxylation sites is 2. The van der Waals surface area contributed by atoms with E-state index in [2.05, 4.69) is 9.97 Å². The van der Waals surface area contributed by atoms with Gasteiger partial charge in [-0.05, 0) is 12.1 Å².